The van der Waals surface area contributed by atoms with Crippen molar-refractivity contribution < 1.29 is 9.47 Å². The molecule has 0 atom stereocenters. The van der Waals surface area contributed by atoms with Crippen molar-refractivity contribution in [3.05, 3.63) is 82.7 Å². The fourth-order valence-corrected chi connectivity index (χ4v) is 3.45. The van der Waals surface area contributed by atoms with Crippen molar-refractivity contribution in [2.75, 3.05) is 0 Å². The van der Waals surface area contributed by atoms with Crippen LogP contribution in [-0.2, 0) is 0 Å². The standard InChI is InChI=1S/C25H25N3O2/c1-15-10-16(2)22(13-20(15)21-12-19(5)27-28-21)29-23-14-24(18(4)11-17(23)3)30-25-8-6-7-9-26-25/h6-14H,1-5H3,(H,27,28). The zero-order valence-corrected chi connectivity index (χ0v) is 17.9. The molecule has 30 heavy (non-hydrogen) atoms. The SMILES string of the molecule is Cc1cc(-c2cc(Oc3cc(Oc4ccccn4)c(C)cc3C)c(C)cc2C)n[nH]1. The quantitative estimate of drug-likeness (QED) is 0.411. The van der Waals surface area contributed by atoms with Gasteiger partial charge in [-0.2, -0.15) is 5.10 Å². The average Bonchev–Trinajstić information content (AvgIpc) is 3.14. The van der Waals surface area contributed by atoms with Crippen LogP contribution in [0.2, 0.25) is 0 Å². The van der Waals surface area contributed by atoms with Crippen LogP contribution in [0.3, 0.4) is 0 Å². The number of pyridine rings is 1. The summed E-state index contributed by atoms with van der Waals surface area (Å²) in [5.41, 5.74) is 7.28. The van der Waals surface area contributed by atoms with Gasteiger partial charge in [0.1, 0.15) is 17.2 Å². The van der Waals surface area contributed by atoms with Crippen LogP contribution in [0.5, 0.6) is 23.1 Å². The van der Waals surface area contributed by atoms with Crippen molar-refractivity contribution in [1.29, 1.82) is 0 Å². The second-order valence-corrected chi connectivity index (χ2v) is 7.62. The maximum atomic E-state index is 6.36. The first kappa shape index (κ1) is 19.7. The molecule has 0 fully saturated rings. The summed E-state index contributed by atoms with van der Waals surface area (Å²) in [4.78, 5) is 4.25. The lowest BCUT2D eigenvalue weighted by molar-refractivity contribution is 0.443. The van der Waals surface area contributed by atoms with E-state index in [1.165, 1.54) is 0 Å². The number of rotatable bonds is 5. The number of aromatic amines is 1. The van der Waals surface area contributed by atoms with Gasteiger partial charge in [0.15, 0.2) is 0 Å². The molecule has 2 aromatic heterocycles. The predicted octanol–water partition coefficient (Wildman–Crippen LogP) is 6.60. The summed E-state index contributed by atoms with van der Waals surface area (Å²) in [7, 11) is 0. The number of benzene rings is 2. The van der Waals surface area contributed by atoms with Gasteiger partial charge in [-0.1, -0.05) is 12.1 Å². The van der Waals surface area contributed by atoms with Crippen molar-refractivity contribution in [2.45, 2.75) is 34.6 Å². The third-order valence-electron chi connectivity index (χ3n) is 5.05. The molecule has 4 aromatic rings. The summed E-state index contributed by atoms with van der Waals surface area (Å²) in [6.07, 6.45) is 1.71. The Kier molecular flexibility index (Phi) is 5.27. The summed E-state index contributed by atoms with van der Waals surface area (Å²) in [5, 5.41) is 7.42. The molecule has 0 saturated heterocycles. The maximum absolute atomic E-state index is 6.36. The largest absolute Gasteiger partial charge is 0.457 e. The molecule has 0 aliphatic carbocycles. The number of hydrogen-bond acceptors (Lipinski definition) is 4. The Hall–Kier alpha value is -3.60. The van der Waals surface area contributed by atoms with E-state index >= 15 is 0 Å². The Labute approximate surface area is 176 Å². The lowest BCUT2D eigenvalue weighted by Crippen LogP contribution is -1.96. The van der Waals surface area contributed by atoms with Crippen molar-refractivity contribution in [2.24, 2.45) is 0 Å². The maximum Gasteiger partial charge on any atom is 0.219 e. The summed E-state index contributed by atoms with van der Waals surface area (Å²) >= 11 is 0. The van der Waals surface area contributed by atoms with Gasteiger partial charge in [-0.05, 0) is 81.1 Å². The minimum Gasteiger partial charge on any atom is -0.457 e. The molecule has 0 amide bonds. The minimum atomic E-state index is 0.554. The Balaban J connectivity index is 1.69. The molecule has 4 rings (SSSR count). The number of ether oxygens (including phenoxy) is 2. The second-order valence-electron chi connectivity index (χ2n) is 7.62. The van der Waals surface area contributed by atoms with Crippen molar-refractivity contribution in [3.63, 3.8) is 0 Å². The highest BCUT2D eigenvalue weighted by Crippen LogP contribution is 2.37. The molecule has 5 heteroatoms. The van der Waals surface area contributed by atoms with Crippen LogP contribution in [-0.4, -0.2) is 15.2 Å². The van der Waals surface area contributed by atoms with Gasteiger partial charge in [0, 0.05) is 29.6 Å². The van der Waals surface area contributed by atoms with E-state index in [4.69, 9.17) is 9.47 Å². The highest BCUT2D eigenvalue weighted by atomic mass is 16.5. The number of H-pyrrole nitrogens is 1. The number of nitrogens with zero attached hydrogens (tertiary/aromatic N) is 2. The summed E-state index contributed by atoms with van der Waals surface area (Å²) in [5.74, 6) is 2.83. The molecule has 5 nitrogen and oxygen atoms in total. The van der Waals surface area contributed by atoms with Gasteiger partial charge < -0.3 is 9.47 Å². The summed E-state index contributed by atoms with van der Waals surface area (Å²) in [6, 6.07) is 15.8. The fraction of sp³-hybridized carbons (Fsp3) is 0.200. The highest BCUT2D eigenvalue weighted by molar-refractivity contribution is 5.67. The van der Waals surface area contributed by atoms with Crippen LogP contribution in [0.1, 0.15) is 27.9 Å². The van der Waals surface area contributed by atoms with Crippen LogP contribution < -0.4 is 9.47 Å². The first-order valence-corrected chi connectivity index (χ1v) is 9.92. The monoisotopic (exact) mass is 399 g/mol. The molecule has 0 spiro atoms. The summed E-state index contributed by atoms with van der Waals surface area (Å²) in [6.45, 7) is 10.2. The Morgan fingerprint density at radius 3 is 2.00 bits per heavy atom. The van der Waals surface area contributed by atoms with E-state index < -0.39 is 0 Å². The molecule has 0 aliphatic heterocycles. The van der Waals surface area contributed by atoms with E-state index in [0.717, 1.165) is 56.5 Å². The molecular weight excluding hydrogens is 374 g/mol. The molecule has 2 aromatic carbocycles. The Bertz CT molecular complexity index is 1200. The van der Waals surface area contributed by atoms with Crippen LogP contribution in [0.25, 0.3) is 11.3 Å². The fourth-order valence-electron chi connectivity index (χ4n) is 3.45. The lowest BCUT2D eigenvalue weighted by Gasteiger charge is -2.16. The third-order valence-corrected chi connectivity index (χ3v) is 5.05. The molecule has 0 aliphatic rings. The minimum absolute atomic E-state index is 0.554. The molecule has 0 radical (unpaired) electrons. The van der Waals surface area contributed by atoms with Gasteiger partial charge in [0.2, 0.25) is 5.88 Å². The van der Waals surface area contributed by atoms with E-state index in [1.807, 2.05) is 51.1 Å². The van der Waals surface area contributed by atoms with Gasteiger partial charge >= 0.3 is 0 Å². The molecule has 152 valence electrons. The van der Waals surface area contributed by atoms with Gasteiger partial charge in [-0.15, -0.1) is 0 Å². The van der Waals surface area contributed by atoms with Gasteiger partial charge in [-0.3, -0.25) is 5.10 Å². The number of hydrogen-bond donors (Lipinski definition) is 1. The first-order chi connectivity index (χ1) is 14.4. The number of aryl methyl sites for hydroxylation is 5. The van der Waals surface area contributed by atoms with E-state index in [2.05, 4.69) is 47.2 Å². The average molecular weight is 399 g/mol. The Morgan fingerprint density at radius 1 is 0.700 bits per heavy atom. The molecular formula is C25H25N3O2. The van der Waals surface area contributed by atoms with E-state index in [0.29, 0.717) is 5.88 Å². The Morgan fingerprint density at radius 2 is 1.37 bits per heavy atom. The summed E-state index contributed by atoms with van der Waals surface area (Å²) < 4.78 is 12.3. The predicted molar refractivity (Wildman–Crippen MR) is 119 cm³/mol. The van der Waals surface area contributed by atoms with E-state index in [-0.39, 0.29) is 0 Å². The van der Waals surface area contributed by atoms with Gasteiger partial charge in [0.25, 0.3) is 0 Å². The lowest BCUT2D eigenvalue weighted by atomic mass is 10.0. The van der Waals surface area contributed by atoms with Gasteiger partial charge in [0.05, 0.1) is 5.69 Å². The van der Waals surface area contributed by atoms with Gasteiger partial charge in [-0.25, -0.2) is 4.98 Å². The smallest absolute Gasteiger partial charge is 0.219 e. The van der Waals surface area contributed by atoms with Crippen molar-refractivity contribution in [1.82, 2.24) is 15.2 Å². The number of aromatic nitrogens is 3. The molecule has 2 heterocycles. The molecule has 0 bridgehead atoms. The first-order valence-electron chi connectivity index (χ1n) is 9.92. The zero-order valence-electron chi connectivity index (χ0n) is 17.9. The van der Waals surface area contributed by atoms with Crippen LogP contribution in [0.15, 0.2) is 54.7 Å². The van der Waals surface area contributed by atoms with Crippen molar-refractivity contribution in [3.8, 4) is 34.4 Å². The van der Waals surface area contributed by atoms with Crippen LogP contribution >= 0.6 is 0 Å². The van der Waals surface area contributed by atoms with Crippen molar-refractivity contribution >= 4 is 0 Å². The van der Waals surface area contributed by atoms with E-state index in [1.54, 1.807) is 6.20 Å². The topological polar surface area (TPSA) is 60.0 Å². The van der Waals surface area contributed by atoms with Crippen LogP contribution in [0, 0.1) is 34.6 Å². The second kappa shape index (κ2) is 8.03. The third kappa shape index (κ3) is 4.06. The number of nitrogens with one attached hydrogen (secondary N) is 1. The molecule has 0 saturated carbocycles. The highest BCUT2D eigenvalue weighted by Gasteiger charge is 2.14. The van der Waals surface area contributed by atoms with E-state index in [9.17, 15) is 0 Å². The molecule has 0 unspecified atom stereocenters. The van der Waals surface area contributed by atoms with Crippen LogP contribution in [0.4, 0.5) is 0 Å². The zero-order chi connectivity index (χ0) is 21.3. The normalized spacial score (nSPS) is 10.8. The molecule has 1 N–H and O–H groups in total.